The van der Waals surface area contributed by atoms with E-state index in [4.69, 9.17) is 23.2 Å². The summed E-state index contributed by atoms with van der Waals surface area (Å²) in [6, 6.07) is 14.0. The second-order valence-electron chi connectivity index (χ2n) is 8.07. The van der Waals surface area contributed by atoms with Crippen LogP contribution in [0, 0.1) is 0 Å². The number of carbonyl (C=O) groups excluding carboxylic acids is 2. The maximum Gasteiger partial charge on any atom is 0.251 e. The molecular formula is C26H34Cl2N2O2. The van der Waals surface area contributed by atoms with E-state index in [-0.39, 0.29) is 11.8 Å². The van der Waals surface area contributed by atoms with Crippen molar-refractivity contribution in [1.29, 1.82) is 0 Å². The molecule has 0 aromatic heterocycles. The quantitative estimate of drug-likeness (QED) is 0.270. The molecule has 0 saturated carbocycles. The molecule has 2 aromatic carbocycles. The number of hydrogen-bond acceptors (Lipinski definition) is 2. The maximum absolute atomic E-state index is 12.0. The number of carbonyl (C=O) groups is 2. The molecular weight excluding hydrogens is 443 g/mol. The summed E-state index contributed by atoms with van der Waals surface area (Å²) < 4.78 is 0. The molecule has 0 fully saturated rings. The smallest absolute Gasteiger partial charge is 0.251 e. The van der Waals surface area contributed by atoms with Crippen LogP contribution in [0.15, 0.2) is 48.5 Å². The molecule has 0 aliphatic carbocycles. The van der Waals surface area contributed by atoms with Gasteiger partial charge >= 0.3 is 0 Å². The van der Waals surface area contributed by atoms with Gasteiger partial charge in [-0.2, -0.15) is 0 Å². The van der Waals surface area contributed by atoms with Crippen molar-refractivity contribution in [3.8, 4) is 0 Å². The number of benzene rings is 2. The Balaban J connectivity index is 1.35. The zero-order valence-corrected chi connectivity index (χ0v) is 20.2. The van der Waals surface area contributed by atoms with Crippen molar-refractivity contribution in [2.45, 2.75) is 64.2 Å². The Labute approximate surface area is 202 Å². The third-order valence-electron chi connectivity index (χ3n) is 5.35. The van der Waals surface area contributed by atoms with Gasteiger partial charge in [0.1, 0.15) is 0 Å². The minimum absolute atomic E-state index is 0.0588. The van der Waals surface area contributed by atoms with Gasteiger partial charge in [-0.25, -0.2) is 0 Å². The third-order valence-corrected chi connectivity index (χ3v) is 5.82. The summed E-state index contributed by atoms with van der Waals surface area (Å²) in [7, 11) is 0. The van der Waals surface area contributed by atoms with Crippen LogP contribution in [0.5, 0.6) is 0 Å². The van der Waals surface area contributed by atoms with Crippen molar-refractivity contribution in [3.05, 3.63) is 69.7 Å². The van der Waals surface area contributed by atoms with E-state index < -0.39 is 0 Å². The summed E-state index contributed by atoms with van der Waals surface area (Å²) in [6.45, 7) is 1.42. The Bertz CT molecular complexity index is 773. The predicted octanol–water partition coefficient (Wildman–Crippen LogP) is 7.05. The van der Waals surface area contributed by atoms with Gasteiger partial charge in [0, 0.05) is 34.3 Å². The van der Waals surface area contributed by atoms with Gasteiger partial charge in [0.15, 0.2) is 0 Å². The lowest BCUT2D eigenvalue weighted by Crippen LogP contribution is -2.24. The van der Waals surface area contributed by atoms with Gasteiger partial charge in [-0.05, 0) is 49.2 Å². The monoisotopic (exact) mass is 476 g/mol. The molecule has 32 heavy (non-hydrogen) atoms. The highest BCUT2D eigenvalue weighted by Crippen LogP contribution is 2.13. The van der Waals surface area contributed by atoms with Crippen molar-refractivity contribution in [1.82, 2.24) is 10.6 Å². The molecule has 0 aliphatic rings. The molecule has 2 amide bonds. The van der Waals surface area contributed by atoms with Crippen molar-refractivity contribution < 1.29 is 9.59 Å². The Hall–Kier alpha value is -2.04. The number of hydrogen-bond donors (Lipinski definition) is 2. The first-order chi connectivity index (χ1) is 15.6. The highest BCUT2D eigenvalue weighted by molar-refractivity contribution is 6.31. The molecule has 0 unspecified atom stereocenters. The van der Waals surface area contributed by atoms with E-state index in [1.807, 2.05) is 0 Å². The van der Waals surface area contributed by atoms with Crippen LogP contribution in [0.4, 0.5) is 0 Å². The number of amides is 2. The molecule has 0 aliphatic heterocycles. The van der Waals surface area contributed by atoms with Gasteiger partial charge in [-0.15, -0.1) is 0 Å². The maximum atomic E-state index is 12.0. The lowest BCUT2D eigenvalue weighted by Gasteiger charge is -2.06. The van der Waals surface area contributed by atoms with Gasteiger partial charge in [-0.1, -0.05) is 86.7 Å². The average Bonchev–Trinajstić information content (AvgIpc) is 2.79. The molecule has 0 spiro atoms. The predicted molar refractivity (Wildman–Crippen MR) is 134 cm³/mol. The minimum Gasteiger partial charge on any atom is -0.352 e. The van der Waals surface area contributed by atoms with Crippen LogP contribution in [-0.2, 0) is 0 Å². The molecule has 0 bridgehead atoms. The standard InChI is InChI=1S/C26H34Cl2N2O2/c27-23-15-11-13-21(19-23)25(31)29-17-9-7-5-3-1-2-4-6-8-10-18-30-26(32)22-14-12-16-24(28)20-22/h11-16,19-20H,1-10,17-18H2,(H,29,31)(H,30,32). The van der Waals surface area contributed by atoms with Crippen LogP contribution in [-0.4, -0.2) is 24.9 Å². The van der Waals surface area contributed by atoms with E-state index in [2.05, 4.69) is 10.6 Å². The fraction of sp³-hybridized carbons (Fsp3) is 0.462. The summed E-state index contributed by atoms with van der Waals surface area (Å²) >= 11 is 11.8. The van der Waals surface area contributed by atoms with Crippen molar-refractivity contribution in [3.63, 3.8) is 0 Å². The molecule has 2 aromatic rings. The Morgan fingerprint density at radius 3 is 1.25 bits per heavy atom. The normalized spacial score (nSPS) is 10.7. The summed E-state index contributed by atoms with van der Waals surface area (Å²) in [6.07, 6.45) is 11.7. The molecule has 0 heterocycles. The minimum atomic E-state index is -0.0588. The first-order valence-corrected chi connectivity index (χ1v) is 12.4. The largest absolute Gasteiger partial charge is 0.352 e. The molecule has 2 N–H and O–H groups in total. The van der Waals surface area contributed by atoms with E-state index in [0.29, 0.717) is 34.3 Å². The number of rotatable bonds is 15. The third kappa shape index (κ3) is 11.0. The Morgan fingerprint density at radius 2 is 0.906 bits per heavy atom. The summed E-state index contributed by atoms with van der Waals surface area (Å²) in [5.74, 6) is -0.118. The first kappa shape index (κ1) is 26.2. The molecule has 4 nitrogen and oxygen atoms in total. The van der Waals surface area contributed by atoms with Crippen LogP contribution < -0.4 is 10.6 Å². The molecule has 0 saturated heterocycles. The van der Waals surface area contributed by atoms with Crippen LogP contribution >= 0.6 is 23.2 Å². The SMILES string of the molecule is O=C(NCCCCCCCCCCCCNC(=O)c1cccc(Cl)c1)c1cccc(Cl)c1. The zero-order chi connectivity index (χ0) is 23.0. The fourth-order valence-electron chi connectivity index (χ4n) is 3.53. The van der Waals surface area contributed by atoms with Gasteiger partial charge in [0.25, 0.3) is 11.8 Å². The number of unbranched alkanes of at least 4 members (excludes halogenated alkanes) is 9. The number of nitrogens with one attached hydrogen (secondary N) is 2. The van der Waals surface area contributed by atoms with Gasteiger partial charge in [0.05, 0.1) is 0 Å². The fourth-order valence-corrected chi connectivity index (χ4v) is 3.91. The van der Waals surface area contributed by atoms with Gasteiger partial charge < -0.3 is 10.6 Å². The molecule has 6 heteroatoms. The van der Waals surface area contributed by atoms with Crippen LogP contribution in [0.3, 0.4) is 0 Å². The topological polar surface area (TPSA) is 58.2 Å². The summed E-state index contributed by atoms with van der Waals surface area (Å²) in [4.78, 5) is 24.0. The van der Waals surface area contributed by atoms with E-state index in [9.17, 15) is 9.59 Å². The Morgan fingerprint density at radius 1 is 0.562 bits per heavy atom. The molecule has 2 rings (SSSR count). The van der Waals surface area contributed by atoms with Crippen molar-refractivity contribution >= 4 is 35.0 Å². The zero-order valence-electron chi connectivity index (χ0n) is 18.7. The second kappa shape index (κ2) is 15.7. The molecule has 0 atom stereocenters. The first-order valence-electron chi connectivity index (χ1n) is 11.6. The van der Waals surface area contributed by atoms with Crippen molar-refractivity contribution in [2.75, 3.05) is 13.1 Å². The van der Waals surface area contributed by atoms with Crippen LogP contribution in [0.2, 0.25) is 10.0 Å². The molecule has 0 radical (unpaired) electrons. The second-order valence-corrected chi connectivity index (χ2v) is 8.94. The van der Waals surface area contributed by atoms with Crippen LogP contribution in [0.25, 0.3) is 0 Å². The average molecular weight is 477 g/mol. The number of halogens is 2. The van der Waals surface area contributed by atoms with E-state index in [0.717, 1.165) is 25.7 Å². The lowest BCUT2D eigenvalue weighted by molar-refractivity contribution is 0.0944. The lowest BCUT2D eigenvalue weighted by atomic mass is 10.1. The van der Waals surface area contributed by atoms with Crippen LogP contribution in [0.1, 0.15) is 84.9 Å². The van der Waals surface area contributed by atoms with E-state index in [1.165, 1.54) is 38.5 Å². The van der Waals surface area contributed by atoms with E-state index >= 15 is 0 Å². The summed E-state index contributed by atoms with van der Waals surface area (Å²) in [5.41, 5.74) is 1.22. The highest BCUT2D eigenvalue weighted by atomic mass is 35.5. The van der Waals surface area contributed by atoms with Gasteiger partial charge in [0.2, 0.25) is 0 Å². The van der Waals surface area contributed by atoms with E-state index in [1.54, 1.807) is 48.5 Å². The Kier molecular flexibility index (Phi) is 12.9. The molecule has 174 valence electrons. The summed E-state index contributed by atoms with van der Waals surface area (Å²) in [5, 5.41) is 7.06. The van der Waals surface area contributed by atoms with Gasteiger partial charge in [-0.3, -0.25) is 9.59 Å². The van der Waals surface area contributed by atoms with Crippen molar-refractivity contribution in [2.24, 2.45) is 0 Å². The highest BCUT2D eigenvalue weighted by Gasteiger charge is 2.05.